The lowest BCUT2D eigenvalue weighted by Gasteiger charge is -2.21. The molecule has 0 spiro atoms. The van der Waals surface area contributed by atoms with Gasteiger partial charge in [0, 0.05) is 31.5 Å². The van der Waals surface area contributed by atoms with Crippen LogP contribution in [0.4, 0.5) is 5.69 Å². The first-order valence-corrected chi connectivity index (χ1v) is 10.8. The van der Waals surface area contributed by atoms with Gasteiger partial charge in [0.05, 0.1) is 6.61 Å². The topological polar surface area (TPSA) is 59.0 Å². The third-order valence-corrected chi connectivity index (χ3v) is 5.21. The summed E-state index contributed by atoms with van der Waals surface area (Å²) in [5, 5.41) is 9.06. The molecule has 0 radical (unpaired) electrons. The van der Waals surface area contributed by atoms with Crippen molar-refractivity contribution < 1.29 is 19.4 Å². The summed E-state index contributed by atoms with van der Waals surface area (Å²) >= 11 is 0. The third-order valence-electron chi connectivity index (χ3n) is 5.21. The summed E-state index contributed by atoms with van der Waals surface area (Å²) in [6.45, 7) is 6.09. The number of rotatable bonds is 11. The molecule has 1 N–H and O–H groups in total. The lowest BCUT2D eigenvalue weighted by atomic mass is 10.0. The lowest BCUT2D eigenvalue weighted by Crippen LogP contribution is -2.18. The van der Waals surface area contributed by atoms with Crippen LogP contribution >= 0.6 is 0 Å². The molecule has 30 heavy (non-hydrogen) atoms. The van der Waals surface area contributed by atoms with E-state index in [4.69, 9.17) is 14.6 Å². The van der Waals surface area contributed by atoms with Crippen LogP contribution in [0.25, 0.3) is 17.2 Å². The fourth-order valence-corrected chi connectivity index (χ4v) is 3.59. The zero-order valence-corrected chi connectivity index (χ0v) is 17.7. The second-order valence-corrected chi connectivity index (χ2v) is 7.48. The molecule has 0 unspecified atom stereocenters. The van der Waals surface area contributed by atoms with Crippen molar-refractivity contribution in [3.63, 3.8) is 0 Å². The molecule has 0 amide bonds. The number of benzene rings is 2. The monoisotopic (exact) mass is 409 g/mol. The summed E-state index contributed by atoms with van der Waals surface area (Å²) in [5.41, 5.74) is 4.15. The van der Waals surface area contributed by atoms with Crippen molar-refractivity contribution in [3.05, 3.63) is 54.1 Å². The Labute approximate surface area is 178 Å². The smallest absolute Gasteiger partial charge is 0.328 e. The van der Waals surface area contributed by atoms with Gasteiger partial charge in [-0.2, -0.15) is 0 Å². The number of nitrogens with zero attached hydrogens (tertiary/aromatic N) is 1. The van der Waals surface area contributed by atoms with Gasteiger partial charge in [-0.1, -0.05) is 31.5 Å². The molecule has 1 saturated heterocycles. The molecule has 2 aromatic rings. The Morgan fingerprint density at radius 3 is 2.47 bits per heavy atom. The number of ether oxygens (including phenoxy) is 2. The van der Waals surface area contributed by atoms with Crippen LogP contribution in [0.3, 0.4) is 0 Å². The molecule has 1 heterocycles. The first kappa shape index (κ1) is 21.9. The van der Waals surface area contributed by atoms with E-state index in [2.05, 4.69) is 30.0 Å². The van der Waals surface area contributed by atoms with Gasteiger partial charge in [0.2, 0.25) is 0 Å². The molecule has 2 aromatic carbocycles. The zero-order chi connectivity index (χ0) is 21.2. The standard InChI is InChI=1S/C25H31NO4/c1-2-3-16-29-17-18-30-23-10-6-20(7-11-23)21-8-12-24(26-14-4-5-15-26)22(19-21)9-13-25(27)28/h6-13,19H,2-5,14-18H2,1H3,(H,27,28). The van der Waals surface area contributed by atoms with Gasteiger partial charge >= 0.3 is 5.97 Å². The second kappa shape index (κ2) is 11.4. The van der Waals surface area contributed by atoms with Crippen molar-refractivity contribution >= 4 is 17.7 Å². The van der Waals surface area contributed by atoms with Crippen LogP contribution < -0.4 is 9.64 Å². The maximum absolute atomic E-state index is 11.0. The Hall–Kier alpha value is -2.79. The summed E-state index contributed by atoms with van der Waals surface area (Å²) in [6.07, 6.45) is 7.46. The van der Waals surface area contributed by atoms with Crippen molar-refractivity contribution in [3.8, 4) is 16.9 Å². The van der Waals surface area contributed by atoms with Crippen LogP contribution in [0.1, 0.15) is 38.2 Å². The molecule has 5 heteroatoms. The van der Waals surface area contributed by atoms with Crippen molar-refractivity contribution in [1.29, 1.82) is 0 Å². The number of unbranched alkanes of at least 4 members (excludes halogenated alkanes) is 1. The molecular weight excluding hydrogens is 378 g/mol. The molecule has 0 aliphatic carbocycles. The van der Waals surface area contributed by atoms with E-state index in [9.17, 15) is 4.79 Å². The minimum absolute atomic E-state index is 0.539. The van der Waals surface area contributed by atoms with Crippen LogP contribution in [0, 0.1) is 0 Å². The Morgan fingerprint density at radius 1 is 1.03 bits per heavy atom. The molecule has 0 atom stereocenters. The van der Waals surface area contributed by atoms with Gasteiger partial charge in [0.25, 0.3) is 0 Å². The van der Waals surface area contributed by atoms with Crippen molar-refractivity contribution in [2.24, 2.45) is 0 Å². The Morgan fingerprint density at radius 2 is 1.77 bits per heavy atom. The average Bonchev–Trinajstić information content (AvgIpc) is 3.29. The molecule has 0 bridgehead atoms. The predicted molar refractivity (Wildman–Crippen MR) is 121 cm³/mol. The third kappa shape index (κ3) is 6.36. The van der Waals surface area contributed by atoms with Gasteiger partial charge in [0.1, 0.15) is 12.4 Å². The number of hydrogen-bond acceptors (Lipinski definition) is 4. The van der Waals surface area contributed by atoms with Crippen molar-refractivity contribution in [2.45, 2.75) is 32.6 Å². The lowest BCUT2D eigenvalue weighted by molar-refractivity contribution is -0.131. The molecule has 1 aliphatic rings. The van der Waals surface area contributed by atoms with Gasteiger partial charge < -0.3 is 19.5 Å². The van der Waals surface area contributed by atoms with E-state index in [-0.39, 0.29) is 0 Å². The number of carboxylic acid groups (broad SMARTS) is 1. The summed E-state index contributed by atoms with van der Waals surface area (Å²) in [6, 6.07) is 14.2. The quantitative estimate of drug-likeness (QED) is 0.406. The number of carbonyl (C=O) groups is 1. The Kier molecular flexibility index (Phi) is 8.33. The van der Waals surface area contributed by atoms with E-state index >= 15 is 0 Å². The predicted octanol–water partition coefficient (Wildman–Crippen LogP) is 5.25. The van der Waals surface area contributed by atoms with Gasteiger partial charge in [0.15, 0.2) is 0 Å². The normalized spacial score (nSPS) is 13.8. The minimum Gasteiger partial charge on any atom is -0.491 e. The minimum atomic E-state index is -0.937. The maximum atomic E-state index is 11.0. The van der Waals surface area contributed by atoms with Crippen molar-refractivity contribution in [2.75, 3.05) is 37.8 Å². The molecule has 0 aromatic heterocycles. The number of carboxylic acids is 1. The van der Waals surface area contributed by atoms with E-state index in [1.807, 2.05) is 24.3 Å². The number of aliphatic carboxylic acids is 1. The Bertz CT molecular complexity index is 839. The highest BCUT2D eigenvalue weighted by Gasteiger charge is 2.15. The summed E-state index contributed by atoms with van der Waals surface area (Å²) < 4.78 is 11.3. The van der Waals surface area contributed by atoms with E-state index in [1.165, 1.54) is 18.9 Å². The van der Waals surface area contributed by atoms with E-state index in [1.54, 1.807) is 6.08 Å². The fraction of sp³-hybridized carbons (Fsp3) is 0.400. The average molecular weight is 410 g/mol. The fourth-order valence-electron chi connectivity index (χ4n) is 3.59. The van der Waals surface area contributed by atoms with Crippen LogP contribution in [-0.4, -0.2) is 44.0 Å². The van der Waals surface area contributed by atoms with Gasteiger partial charge in [-0.05, 0) is 66.3 Å². The largest absolute Gasteiger partial charge is 0.491 e. The molecule has 1 fully saturated rings. The molecular formula is C25H31NO4. The number of anilines is 1. The van der Waals surface area contributed by atoms with Crippen LogP contribution in [-0.2, 0) is 9.53 Å². The SMILES string of the molecule is CCCCOCCOc1ccc(-c2ccc(N3CCCC3)c(C=CC(=O)O)c2)cc1. The molecule has 0 saturated carbocycles. The van der Waals surface area contributed by atoms with Crippen LogP contribution in [0.2, 0.25) is 0 Å². The molecule has 5 nitrogen and oxygen atoms in total. The zero-order valence-electron chi connectivity index (χ0n) is 17.7. The van der Waals surface area contributed by atoms with E-state index in [0.717, 1.165) is 60.7 Å². The van der Waals surface area contributed by atoms with Gasteiger partial charge in [-0.15, -0.1) is 0 Å². The Balaban J connectivity index is 1.68. The highest BCUT2D eigenvalue weighted by molar-refractivity contribution is 5.88. The highest BCUT2D eigenvalue weighted by atomic mass is 16.5. The first-order chi connectivity index (χ1) is 14.7. The number of hydrogen-bond donors (Lipinski definition) is 1. The van der Waals surface area contributed by atoms with Crippen LogP contribution in [0.5, 0.6) is 5.75 Å². The van der Waals surface area contributed by atoms with E-state index < -0.39 is 5.97 Å². The second-order valence-electron chi connectivity index (χ2n) is 7.48. The van der Waals surface area contributed by atoms with Crippen molar-refractivity contribution in [1.82, 2.24) is 0 Å². The highest BCUT2D eigenvalue weighted by Crippen LogP contribution is 2.31. The molecule has 3 rings (SSSR count). The van der Waals surface area contributed by atoms with Gasteiger partial charge in [-0.25, -0.2) is 4.79 Å². The summed E-state index contributed by atoms with van der Waals surface area (Å²) in [4.78, 5) is 13.4. The first-order valence-electron chi connectivity index (χ1n) is 10.8. The van der Waals surface area contributed by atoms with E-state index in [0.29, 0.717) is 13.2 Å². The van der Waals surface area contributed by atoms with Crippen LogP contribution in [0.15, 0.2) is 48.5 Å². The summed E-state index contributed by atoms with van der Waals surface area (Å²) in [5.74, 6) is -0.120. The maximum Gasteiger partial charge on any atom is 0.328 e. The summed E-state index contributed by atoms with van der Waals surface area (Å²) in [7, 11) is 0. The van der Waals surface area contributed by atoms with Gasteiger partial charge in [-0.3, -0.25) is 0 Å². The molecule has 160 valence electrons. The molecule has 1 aliphatic heterocycles.